The second kappa shape index (κ2) is 4.94. The molecule has 0 saturated heterocycles. The summed E-state index contributed by atoms with van der Waals surface area (Å²) in [5.74, 6) is 5.49. The summed E-state index contributed by atoms with van der Waals surface area (Å²) in [6.45, 7) is 2.11. The number of aryl methyl sites for hydroxylation is 1. The molecule has 0 spiro atoms. The standard InChI is InChI=1S/C11H16N6/c1-2-8-4-3-5-9(6-8)15-16-10-7-14-17(13)11(10)12/h3-7,11,15H,2,12-13H2,1H3. The van der Waals surface area contributed by atoms with Crippen LogP contribution in [0.5, 0.6) is 0 Å². The van der Waals surface area contributed by atoms with Gasteiger partial charge in [0.2, 0.25) is 0 Å². The molecular weight excluding hydrogens is 216 g/mol. The fourth-order valence-corrected chi connectivity index (χ4v) is 1.49. The summed E-state index contributed by atoms with van der Waals surface area (Å²) < 4.78 is 0. The largest absolute Gasteiger partial charge is 0.303 e. The number of hydrazone groups is 2. The van der Waals surface area contributed by atoms with Gasteiger partial charge in [-0.1, -0.05) is 19.1 Å². The Morgan fingerprint density at radius 2 is 2.35 bits per heavy atom. The van der Waals surface area contributed by atoms with Gasteiger partial charge in [-0.3, -0.25) is 5.43 Å². The zero-order chi connectivity index (χ0) is 12.3. The lowest BCUT2D eigenvalue weighted by Crippen LogP contribution is -2.44. The quantitative estimate of drug-likeness (QED) is 0.522. The molecule has 1 heterocycles. The van der Waals surface area contributed by atoms with Crippen LogP contribution in [0.2, 0.25) is 0 Å². The number of anilines is 1. The second-order valence-electron chi connectivity index (χ2n) is 3.77. The van der Waals surface area contributed by atoms with E-state index >= 15 is 0 Å². The van der Waals surface area contributed by atoms with Gasteiger partial charge in [-0.15, -0.1) is 0 Å². The molecule has 0 fully saturated rings. The van der Waals surface area contributed by atoms with Crippen molar-refractivity contribution in [3.05, 3.63) is 29.8 Å². The molecule has 90 valence electrons. The molecule has 0 amide bonds. The highest BCUT2D eigenvalue weighted by molar-refractivity contribution is 6.34. The third-order valence-corrected chi connectivity index (χ3v) is 2.56. The Bertz CT molecular complexity index is 453. The van der Waals surface area contributed by atoms with Gasteiger partial charge in [0.05, 0.1) is 11.9 Å². The summed E-state index contributed by atoms with van der Waals surface area (Å²) in [5, 5.41) is 9.18. The monoisotopic (exact) mass is 232 g/mol. The lowest BCUT2D eigenvalue weighted by molar-refractivity contribution is 0.280. The second-order valence-corrected chi connectivity index (χ2v) is 3.77. The Morgan fingerprint density at radius 3 is 3.00 bits per heavy atom. The molecule has 1 aliphatic heterocycles. The molecule has 6 nitrogen and oxygen atoms in total. The fourth-order valence-electron chi connectivity index (χ4n) is 1.49. The van der Waals surface area contributed by atoms with Crippen LogP contribution < -0.4 is 17.0 Å². The highest BCUT2D eigenvalue weighted by atomic mass is 15.7. The van der Waals surface area contributed by atoms with Gasteiger partial charge in [0.15, 0.2) is 6.17 Å². The number of nitrogens with zero attached hydrogens (tertiary/aromatic N) is 3. The van der Waals surface area contributed by atoms with Gasteiger partial charge in [-0.25, -0.2) is 11.0 Å². The Hall–Kier alpha value is -1.92. The van der Waals surface area contributed by atoms with E-state index < -0.39 is 6.17 Å². The molecule has 0 bridgehead atoms. The molecular formula is C11H16N6. The minimum absolute atomic E-state index is 0.489. The molecule has 1 aromatic rings. The number of nitrogens with one attached hydrogen (secondary N) is 1. The number of nitrogens with two attached hydrogens (primary N) is 2. The summed E-state index contributed by atoms with van der Waals surface area (Å²) >= 11 is 0. The molecule has 0 aromatic heterocycles. The number of hydrogen-bond donors (Lipinski definition) is 3. The van der Waals surface area contributed by atoms with Crippen LogP contribution in [0.4, 0.5) is 5.69 Å². The molecule has 1 aromatic carbocycles. The van der Waals surface area contributed by atoms with Crippen molar-refractivity contribution in [3.8, 4) is 0 Å². The van der Waals surface area contributed by atoms with Crippen LogP contribution in [0.3, 0.4) is 0 Å². The molecule has 2 rings (SSSR count). The van der Waals surface area contributed by atoms with Crippen LogP contribution in [0.15, 0.2) is 34.5 Å². The smallest absolute Gasteiger partial charge is 0.157 e. The van der Waals surface area contributed by atoms with Crippen molar-refractivity contribution in [1.82, 2.24) is 5.12 Å². The number of hydrazine groups is 1. The molecule has 6 heteroatoms. The number of rotatable bonds is 3. The summed E-state index contributed by atoms with van der Waals surface area (Å²) in [5.41, 5.74) is 11.5. The van der Waals surface area contributed by atoms with Crippen molar-refractivity contribution in [2.24, 2.45) is 21.8 Å². The van der Waals surface area contributed by atoms with Crippen molar-refractivity contribution >= 4 is 17.6 Å². The maximum Gasteiger partial charge on any atom is 0.157 e. The molecule has 0 saturated carbocycles. The molecule has 17 heavy (non-hydrogen) atoms. The highest BCUT2D eigenvalue weighted by Gasteiger charge is 2.20. The van der Waals surface area contributed by atoms with Crippen LogP contribution >= 0.6 is 0 Å². The van der Waals surface area contributed by atoms with E-state index in [1.165, 1.54) is 10.7 Å². The van der Waals surface area contributed by atoms with Gasteiger partial charge < -0.3 is 5.73 Å². The third-order valence-electron chi connectivity index (χ3n) is 2.56. The van der Waals surface area contributed by atoms with Crippen molar-refractivity contribution in [3.63, 3.8) is 0 Å². The topological polar surface area (TPSA) is 92.0 Å². The zero-order valence-corrected chi connectivity index (χ0v) is 9.67. The number of benzene rings is 1. The first-order chi connectivity index (χ1) is 8.20. The first-order valence-corrected chi connectivity index (χ1v) is 5.46. The summed E-state index contributed by atoms with van der Waals surface area (Å²) in [6, 6.07) is 8.05. The number of hydrogen-bond acceptors (Lipinski definition) is 6. The van der Waals surface area contributed by atoms with E-state index in [4.69, 9.17) is 11.6 Å². The lowest BCUT2D eigenvalue weighted by Gasteiger charge is -2.12. The average molecular weight is 232 g/mol. The predicted molar refractivity (Wildman–Crippen MR) is 69.4 cm³/mol. The Balaban J connectivity index is 2.07. The van der Waals surface area contributed by atoms with Crippen LogP contribution in [0.1, 0.15) is 12.5 Å². The van der Waals surface area contributed by atoms with Gasteiger partial charge >= 0.3 is 0 Å². The van der Waals surface area contributed by atoms with E-state index in [0.717, 1.165) is 12.1 Å². The minimum atomic E-state index is -0.489. The van der Waals surface area contributed by atoms with Gasteiger partial charge in [0.1, 0.15) is 5.71 Å². The van der Waals surface area contributed by atoms with E-state index in [9.17, 15) is 0 Å². The normalized spacial score (nSPS) is 21.2. The SMILES string of the molecule is CCc1cccc(NN=C2C=NN(N)C2N)c1. The van der Waals surface area contributed by atoms with E-state index in [1.54, 1.807) is 6.21 Å². The van der Waals surface area contributed by atoms with Gasteiger partial charge in [-0.2, -0.15) is 10.2 Å². The lowest BCUT2D eigenvalue weighted by atomic mass is 10.1. The van der Waals surface area contributed by atoms with E-state index in [0.29, 0.717) is 5.71 Å². The zero-order valence-electron chi connectivity index (χ0n) is 9.67. The minimum Gasteiger partial charge on any atom is -0.303 e. The maximum absolute atomic E-state index is 5.75. The fraction of sp³-hybridized carbons (Fsp3) is 0.273. The van der Waals surface area contributed by atoms with Crippen LogP contribution in [-0.4, -0.2) is 23.2 Å². The van der Waals surface area contributed by atoms with Gasteiger partial charge in [-0.05, 0) is 24.1 Å². The van der Waals surface area contributed by atoms with E-state index in [1.807, 2.05) is 18.2 Å². The first-order valence-electron chi connectivity index (χ1n) is 5.46. The van der Waals surface area contributed by atoms with Crippen LogP contribution in [-0.2, 0) is 6.42 Å². The Kier molecular flexibility index (Phi) is 3.36. The van der Waals surface area contributed by atoms with Crippen LogP contribution in [0, 0.1) is 0 Å². The third kappa shape index (κ3) is 2.61. The summed E-state index contributed by atoms with van der Waals surface area (Å²) in [7, 11) is 0. The average Bonchev–Trinajstić information content (AvgIpc) is 2.68. The summed E-state index contributed by atoms with van der Waals surface area (Å²) in [6.07, 6.45) is 2.04. The van der Waals surface area contributed by atoms with Crippen molar-refractivity contribution in [2.75, 3.05) is 5.43 Å². The van der Waals surface area contributed by atoms with Crippen molar-refractivity contribution in [1.29, 1.82) is 0 Å². The first kappa shape index (κ1) is 11.6. The Labute approximate surface area is 99.9 Å². The molecule has 1 aliphatic rings. The van der Waals surface area contributed by atoms with Gasteiger partial charge in [0, 0.05) is 0 Å². The van der Waals surface area contributed by atoms with E-state index in [2.05, 4.69) is 28.6 Å². The molecule has 0 aliphatic carbocycles. The molecule has 1 unspecified atom stereocenters. The predicted octanol–water partition coefficient (Wildman–Crippen LogP) is 0.477. The maximum atomic E-state index is 5.75. The molecule has 1 atom stereocenters. The highest BCUT2D eigenvalue weighted by Crippen LogP contribution is 2.11. The molecule has 0 radical (unpaired) electrons. The van der Waals surface area contributed by atoms with Crippen molar-refractivity contribution < 1.29 is 0 Å². The van der Waals surface area contributed by atoms with Gasteiger partial charge in [0.25, 0.3) is 0 Å². The van der Waals surface area contributed by atoms with Crippen LogP contribution in [0.25, 0.3) is 0 Å². The molecule has 5 N–H and O–H groups in total. The van der Waals surface area contributed by atoms with Crippen molar-refractivity contribution in [2.45, 2.75) is 19.5 Å². The van der Waals surface area contributed by atoms with E-state index in [-0.39, 0.29) is 0 Å². The Morgan fingerprint density at radius 1 is 1.53 bits per heavy atom. The summed E-state index contributed by atoms with van der Waals surface area (Å²) in [4.78, 5) is 0.